The largest absolute Gasteiger partial charge is 0.478 e. The van der Waals surface area contributed by atoms with Crippen molar-refractivity contribution in [2.24, 2.45) is 0 Å². The van der Waals surface area contributed by atoms with Crippen LogP contribution < -0.4 is 10.1 Å². The number of aryl methyl sites for hydroxylation is 1. The molecule has 3 aromatic rings. The maximum atomic E-state index is 11.0. The third-order valence-electron chi connectivity index (χ3n) is 5.81. The van der Waals surface area contributed by atoms with Gasteiger partial charge >= 0.3 is 5.97 Å². The van der Waals surface area contributed by atoms with Crippen LogP contribution in [-0.4, -0.2) is 28.8 Å². The highest BCUT2D eigenvalue weighted by molar-refractivity contribution is 6.30. The van der Waals surface area contributed by atoms with E-state index in [-0.39, 0.29) is 24.0 Å². The predicted octanol–water partition coefficient (Wildman–Crippen LogP) is 5.82. The van der Waals surface area contributed by atoms with Crippen molar-refractivity contribution >= 4 is 30.0 Å². The summed E-state index contributed by atoms with van der Waals surface area (Å²) in [4.78, 5) is 11.0. The number of nitrogens with one attached hydrogen (secondary N) is 1. The van der Waals surface area contributed by atoms with Crippen molar-refractivity contribution in [3.8, 4) is 11.5 Å². The molecule has 0 spiro atoms. The lowest BCUT2D eigenvalue weighted by Crippen LogP contribution is -2.34. The van der Waals surface area contributed by atoms with Crippen molar-refractivity contribution in [2.75, 3.05) is 6.54 Å². The van der Waals surface area contributed by atoms with Crippen LogP contribution in [0.4, 0.5) is 0 Å². The van der Waals surface area contributed by atoms with E-state index in [1.54, 1.807) is 24.3 Å². The number of aliphatic hydroxyl groups is 1. The quantitative estimate of drug-likeness (QED) is 0.365. The number of fused-ring (bicyclic) bond motifs is 1. The maximum absolute atomic E-state index is 11.0. The Bertz CT molecular complexity index is 1090. The Morgan fingerprint density at radius 1 is 1.06 bits per heavy atom. The van der Waals surface area contributed by atoms with Crippen molar-refractivity contribution in [2.45, 2.75) is 37.8 Å². The van der Waals surface area contributed by atoms with E-state index in [9.17, 15) is 9.90 Å². The van der Waals surface area contributed by atoms with Gasteiger partial charge in [-0.3, -0.25) is 0 Å². The molecule has 2 atom stereocenters. The Kier molecular flexibility index (Phi) is 8.75. The van der Waals surface area contributed by atoms with Crippen LogP contribution in [-0.2, 0) is 12.8 Å². The van der Waals surface area contributed by atoms with E-state index in [1.807, 2.05) is 18.2 Å². The van der Waals surface area contributed by atoms with Gasteiger partial charge in [0.15, 0.2) is 0 Å². The fourth-order valence-electron chi connectivity index (χ4n) is 4.09. The summed E-state index contributed by atoms with van der Waals surface area (Å²) in [6.07, 6.45) is 3.36. The number of hydrogen-bond donors (Lipinski definition) is 3. The lowest BCUT2D eigenvalue weighted by molar-refractivity contribution is 0.0697. The third-order valence-corrected chi connectivity index (χ3v) is 6.05. The number of halogens is 2. The Balaban J connectivity index is 0.00000306. The molecule has 7 heteroatoms. The molecule has 174 valence electrons. The first-order valence-electron chi connectivity index (χ1n) is 10.8. The van der Waals surface area contributed by atoms with Gasteiger partial charge in [-0.05, 0) is 90.9 Å². The first-order valence-corrected chi connectivity index (χ1v) is 11.2. The molecule has 0 heterocycles. The summed E-state index contributed by atoms with van der Waals surface area (Å²) in [7, 11) is 0. The van der Waals surface area contributed by atoms with Crippen LogP contribution in [0.2, 0.25) is 5.02 Å². The first kappa shape index (κ1) is 25.1. The van der Waals surface area contributed by atoms with E-state index in [0.717, 1.165) is 37.0 Å². The molecule has 0 aliphatic heterocycles. The Morgan fingerprint density at radius 3 is 2.55 bits per heavy atom. The molecule has 0 amide bonds. The maximum Gasteiger partial charge on any atom is 0.335 e. The molecular formula is C26H27Cl2NO4. The fraction of sp³-hybridized carbons (Fsp3) is 0.269. The van der Waals surface area contributed by atoms with Gasteiger partial charge in [-0.15, -0.1) is 12.4 Å². The number of aliphatic hydroxyl groups excluding tert-OH is 1. The molecule has 0 fully saturated rings. The number of carboxylic acid groups (broad SMARTS) is 1. The van der Waals surface area contributed by atoms with E-state index >= 15 is 0 Å². The smallest absolute Gasteiger partial charge is 0.335 e. The molecule has 0 saturated carbocycles. The van der Waals surface area contributed by atoms with Crippen LogP contribution in [0.1, 0.15) is 46.0 Å². The molecule has 4 rings (SSSR count). The number of ether oxygens (including phenoxy) is 1. The Morgan fingerprint density at radius 2 is 1.82 bits per heavy atom. The molecule has 0 bridgehead atoms. The van der Waals surface area contributed by atoms with Gasteiger partial charge in [0.2, 0.25) is 0 Å². The second kappa shape index (κ2) is 11.5. The number of hydrogen-bond acceptors (Lipinski definition) is 4. The average molecular weight is 488 g/mol. The van der Waals surface area contributed by atoms with Crippen LogP contribution in [0.15, 0.2) is 66.7 Å². The van der Waals surface area contributed by atoms with Gasteiger partial charge < -0.3 is 20.3 Å². The monoisotopic (exact) mass is 487 g/mol. The molecule has 3 N–H and O–H groups in total. The van der Waals surface area contributed by atoms with Crippen molar-refractivity contribution in [1.29, 1.82) is 0 Å². The molecule has 0 aromatic heterocycles. The molecular weight excluding hydrogens is 461 g/mol. The second-order valence-corrected chi connectivity index (χ2v) is 8.57. The van der Waals surface area contributed by atoms with Gasteiger partial charge in [0.25, 0.3) is 0 Å². The highest BCUT2D eigenvalue weighted by atomic mass is 35.5. The molecule has 0 unspecified atom stereocenters. The minimum atomic E-state index is -0.958. The summed E-state index contributed by atoms with van der Waals surface area (Å²) in [5.41, 5.74) is 3.59. The van der Waals surface area contributed by atoms with Gasteiger partial charge in [-0.25, -0.2) is 4.79 Å². The predicted molar refractivity (Wildman–Crippen MR) is 132 cm³/mol. The topological polar surface area (TPSA) is 78.8 Å². The van der Waals surface area contributed by atoms with E-state index in [0.29, 0.717) is 17.3 Å². The summed E-state index contributed by atoms with van der Waals surface area (Å²) in [5, 5.41) is 23.7. The molecule has 3 aromatic carbocycles. The molecule has 33 heavy (non-hydrogen) atoms. The first-order chi connectivity index (χ1) is 15.5. The standard InChI is InChI=1S/C26H26ClNO4.ClH/c27-21-5-1-4-19(13-21)25(29)16-28-22-6-2-3-17-7-12-24(15-20(17)14-22)32-23-10-8-18(9-11-23)26(30)31;/h1,4-5,7-13,15,22,25,28-29H,2-3,6,14,16H2,(H,30,31);1H/t22-,25-;/m0./s1. The van der Waals surface area contributed by atoms with E-state index in [4.69, 9.17) is 21.4 Å². The molecule has 0 saturated heterocycles. The van der Waals surface area contributed by atoms with Crippen molar-refractivity contribution in [1.82, 2.24) is 5.32 Å². The third kappa shape index (κ3) is 6.71. The van der Waals surface area contributed by atoms with E-state index < -0.39 is 12.1 Å². The minimum absolute atomic E-state index is 0. The summed E-state index contributed by atoms with van der Waals surface area (Å²) >= 11 is 6.04. The summed E-state index contributed by atoms with van der Waals surface area (Å²) < 4.78 is 5.96. The van der Waals surface area contributed by atoms with Gasteiger partial charge in [-0.2, -0.15) is 0 Å². The second-order valence-electron chi connectivity index (χ2n) is 8.13. The summed E-state index contributed by atoms with van der Waals surface area (Å²) in [5.74, 6) is 0.370. The lowest BCUT2D eigenvalue weighted by Gasteiger charge is -2.20. The van der Waals surface area contributed by atoms with E-state index in [2.05, 4.69) is 17.4 Å². The fourth-order valence-corrected chi connectivity index (χ4v) is 4.29. The number of carboxylic acids is 1. The van der Waals surface area contributed by atoms with Crippen molar-refractivity contribution in [3.63, 3.8) is 0 Å². The van der Waals surface area contributed by atoms with Crippen LogP contribution in [0.3, 0.4) is 0 Å². The zero-order valence-corrected chi connectivity index (χ0v) is 19.6. The highest BCUT2D eigenvalue weighted by Gasteiger charge is 2.19. The van der Waals surface area contributed by atoms with Gasteiger partial charge in [-0.1, -0.05) is 29.8 Å². The molecule has 1 aliphatic rings. The van der Waals surface area contributed by atoms with Gasteiger partial charge in [0.1, 0.15) is 11.5 Å². The molecule has 5 nitrogen and oxygen atoms in total. The van der Waals surface area contributed by atoms with Crippen LogP contribution in [0, 0.1) is 0 Å². The van der Waals surface area contributed by atoms with Crippen molar-refractivity contribution < 1.29 is 19.7 Å². The number of benzene rings is 3. The lowest BCUT2D eigenvalue weighted by atomic mass is 10.0. The average Bonchev–Trinajstić information content (AvgIpc) is 2.99. The Hall–Kier alpha value is -2.57. The van der Waals surface area contributed by atoms with Crippen LogP contribution in [0.5, 0.6) is 11.5 Å². The zero-order chi connectivity index (χ0) is 22.5. The van der Waals surface area contributed by atoms with Gasteiger partial charge in [0, 0.05) is 17.6 Å². The van der Waals surface area contributed by atoms with Crippen LogP contribution in [0.25, 0.3) is 0 Å². The number of aromatic carboxylic acids is 1. The summed E-state index contributed by atoms with van der Waals surface area (Å²) in [6.45, 7) is 0.465. The normalized spacial score (nSPS) is 16.1. The molecule has 0 radical (unpaired) electrons. The summed E-state index contributed by atoms with van der Waals surface area (Å²) in [6, 6.07) is 20.1. The highest BCUT2D eigenvalue weighted by Crippen LogP contribution is 2.28. The van der Waals surface area contributed by atoms with Gasteiger partial charge in [0.05, 0.1) is 11.7 Å². The zero-order valence-electron chi connectivity index (χ0n) is 18.0. The number of carbonyl (C=O) groups is 1. The molecule has 1 aliphatic carbocycles. The minimum Gasteiger partial charge on any atom is -0.478 e. The van der Waals surface area contributed by atoms with E-state index in [1.165, 1.54) is 23.3 Å². The van der Waals surface area contributed by atoms with Crippen molar-refractivity contribution in [3.05, 3.63) is 94.0 Å². The number of rotatable bonds is 7. The Labute approximate surface area is 204 Å². The SMILES string of the molecule is Cl.O=C(O)c1ccc(Oc2ccc3c(c2)C[C@@H](NC[C@H](O)c2cccc(Cl)c2)CCC3)cc1. The van der Waals surface area contributed by atoms with Crippen LogP contribution >= 0.6 is 24.0 Å².